The third kappa shape index (κ3) is 5.82. The summed E-state index contributed by atoms with van der Waals surface area (Å²) in [6, 6.07) is 9.43. The van der Waals surface area contributed by atoms with E-state index in [-0.39, 0.29) is 11.9 Å². The van der Waals surface area contributed by atoms with Gasteiger partial charge in [0, 0.05) is 44.0 Å². The van der Waals surface area contributed by atoms with Gasteiger partial charge in [-0.25, -0.2) is 4.98 Å². The van der Waals surface area contributed by atoms with Crippen molar-refractivity contribution in [1.29, 1.82) is 0 Å². The number of nitrogens with zero attached hydrogens (tertiary/aromatic N) is 3. The number of nitrogens with one attached hydrogen (secondary N) is 2. The number of benzene rings is 1. The van der Waals surface area contributed by atoms with Crippen LogP contribution in [0.15, 0.2) is 30.3 Å². The fraction of sp³-hybridized carbons (Fsp3) is 0.500. The number of aryl methyl sites for hydroxylation is 1. The Morgan fingerprint density at radius 2 is 1.83 bits per heavy atom. The molecule has 0 radical (unpaired) electrons. The normalized spacial score (nSPS) is 18.8. The maximum atomic E-state index is 12.4. The van der Waals surface area contributed by atoms with Crippen molar-refractivity contribution in [3.63, 3.8) is 0 Å². The molecule has 1 aliphatic carbocycles. The van der Waals surface area contributed by atoms with Crippen LogP contribution in [0.25, 0.3) is 0 Å². The fourth-order valence-corrected chi connectivity index (χ4v) is 3.62. The SMILES string of the molecule is COc1ccc(C(=O)N[C@H]2CC[C@@H](CNc3nc(C)cc(N(C)C)n3)CC2)cc1. The lowest BCUT2D eigenvalue weighted by atomic mass is 9.86. The van der Waals surface area contributed by atoms with Crippen LogP contribution in [0.1, 0.15) is 41.7 Å². The summed E-state index contributed by atoms with van der Waals surface area (Å²) < 4.78 is 5.14. The third-order valence-corrected chi connectivity index (χ3v) is 5.38. The van der Waals surface area contributed by atoms with Crippen molar-refractivity contribution in [3.8, 4) is 5.75 Å². The van der Waals surface area contributed by atoms with Gasteiger partial charge in [-0.15, -0.1) is 0 Å². The van der Waals surface area contributed by atoms with Gasteiger partial charge in [0.2, 0.25) is 5.95 Å². The number of carbonyl (C=O) groups excluding carboxylic acids is 1. The number of ether oxygens (including phenoxy) is 1. The molecule has 1 aromatic heterocycles. The van der Waals surface area contributed by atoms with Crippen molar-refractivity contribution in [2.75, 3.05) is 38.0 Å². The average molecular weight is 398 g/mol. The lowest BCUT2D eigenvalue weighted by molar-refractivity contribution is 0.0922. The molecule has 29 heavy (non-hydrogen) atoms. The van der Waals surface area contributed by atoms with Crippen molar-refractivity contribution in [1.82, 2.24) is 15.3 Å². The quantitative estimate of drug-likeness (QED) is 0.747. The number of rotatable bonds is 7. The van der Waals surface area contributed by atoms with Crippen molar-refractivity contribution >= 4 is 17.7 Å². The maximum Gasteiger partial charge on any atom is 0.251 e. The van der Waals surface area contributed by atoms with Crippen molar-refractivity contribution in [3.05, 3.63) is 41.6 Å². The van der Waals surface area contributed by atoms with E-state index in [0.717, 1.165) is 49.5 Å². The smallest absolute Gasteiger partial charge is 0.251 e. The highest BCUT2D eigenvalue weighted by molar-refractivity contribution is 5.94. The Morgan fingerprint density at radius 1 is 1.14 bits per heavy atom. The number of amides is 1. The largest absolute Gasteiger partial charge is 0.497 e. The molecule has 0 bridgehead atoms. The van der Waals surface area contributed by atoms with Gasteiger partial charge in [-0.3, -0.25) is 4.79 Å². The number of methoxy groups -OCH3 is 1. The Bertz CT molecular complexity index is 814. The molecule has 2 aromatic rings. The predicted octanol–water partition coefficient (Wildman–Crippen LogP) is 3.26. The number of carbonyl (C=O) groups is 1. The lowest BCUT2D eigenvalue weighted by Crippen LogP contribution is -2.38. The van der Waals surface area contributed by atoms with Crippen LogP contribution in [0.3, 0.4) is 0 Å². The molecule has 1 fully saturated rings. The molecule has 0 atom stereocenters. The van der Waals surface area contributed by atoms with Gasteiger partial charge in [0.1, 0.15) is 11.6 Å². The Kier molecular flexibility index (Phi) is 6.90. The summed E-state index contributed by atoms with van der Waals surface area (Å²) in [6.07, 6.45) is 4.14. The first-order chi connectivity index (χ1) is 13.9. The van der Waals surface area contributed by atoms with E-state index in [9.17, 15) is 4.79 Å². The van der Waals surface area contributed by atoms with Gasteiger partial charge >= 0.3 is 0 Å². The highest BCUT2D eigenvalue weighted by Crippen LogP contribution is 2.25. The van der Waals surface area contributed by atoms with Crippen LogP contribution >= 0.6 is 0 Å². The predicted molar refractivity (Wildman–Crippen MR) is 116 cm³/mol. The minimum atomic E-state index is -0.0152. The van der Waals surface area contributed by atoms with Gasteiger partial charge in [-0.1, -0.05) is 0 Å². The summed E-state index contributed by atoms with van der Waals surface area (Å²) in [4.78, 5) is 23.5. The first kappa shape index (κ1) is 20.9. The molecule has 1 saturated carbocycles. The average Bonchev–Trinajstić information content (AvgIpc) is 2.73. The Labute approximate surface area is 172 Å². The van der Waals surface area contributed by atoms with E-state index in [0.29, 0.717) is 17.4 Å². The van der Waals surface area contributed by atoms with E-state index in [1.54, 1.807) is 19.2 Å². The van der Waals surface area contributed by atoms with Gasteiger partial charge in [0.25, 0.3) is 5.91 Å². The minimum Gasteiger partial charge on any atom is -0.497 e. The van der Waals surface area contributed by atoms with E-state index in [4.69, 9.17) is 4.74 Å². The van der Waals surface area contributed by atoms with Crippen LogP contribution in [-0.4, -0.2) is 49.7 Å². The van der Waals surface area contributed by atoms with E-state index < -0.39 is 0 Å². The van der Waals surface area contributed by atoms with E-state index >= 15 is 0 Å². The second-order valence-corrected chi connectivity index (χ2v) is 7.89. The molecule has 0 spiro atoms. The molecule has 1 aliphatic rings. The topological polar surface area (TPSA) is 79.4 Å². The summed E-state index contributed by atoms with van der Waals surface area (Å²) >= 11 is 0. The summed E-state index contributed by atoms with van der Waals surface area (Å²) in [5.74, 6) is 2.90. The zero-order valence-corrected chi connectivity index (χ0v) is 17.7. The molecule has 0 aliphatic heterocycles. The molecule has 0 saturated heterocycles. The Morgan fingerprint density at radius 3 is 2.45 bits per heavy atom. The third-order valence-electron chi connectivity index (χ3n) is 5.38. The molecule has 1 amide bonds. The second-order valence-electron chi connectivity index (χ2n) is 7.89. The summed E-state index contributed by atoms with van der Waals surface area (Å²) in [7, 11) is 5.58. The highest BCUT2D eigenvalue weighted by Gasteiger charge is 2.23. The van der Waals surface area contributed by atoms with Crippen LogP contribution in [0.5, 0.6) is 5.75 Å². The van der Waals surface area contributed by atoms with Crippen molar-refractivity contribution in [2.45, 2.75) is 38.6 Å². The number of aromatic nitrogens is 2. The molecule has 156 valence electrons. The van der Waals surface area contributed by atoms with Crippen molar-refractivity contribution in [2.24, 2.45) is 5.92 Å². The van der Waals surface area contributed by atoms with E-state index in [1.807, 2.05) is 44.1 Å². The van der Waals surface area contributed by atoms with E-state index in [1.165, 1.54) is 0 Å². The van der Waals surface area contributed by atoms with Crippen LogP contribution in [0, 0.1) is 12.8 Å². The lowest BCUT2D eigenvalue weighted by Gasteiger charge is -2.29. The second kappa shape index (κ2) is 9.58. The molecule has 2 N–H and O–H groups in total. The van der Waals surface area contributed by atoms with Gasteiger partial charge in [0.15, 0.2) is 0 Å². The highest BCUT2D eigenvalue weighted by atomic mass is 16.5. The first-order valence-electron chi connectivity index (χ1n) is 10.2. The molecule has 1 heterocycles. The summed E-state index contributed by atoms with van der Waals surface area (Å²) in [6.45, 7) is 2.84. The van der Waals surface area contributed by atoms with Gasteiger partial charge < -0.3 is 20.3 Å². The minimum absolute atomic E-state index is 0.0152. The zero-order valence-electron chi connectivity index (χ0n) is 17.7. The van der Waals surface area contributed by atoms with Crippen molar-refractivity contribution < 1.29 is 9.53 Å². The van der Waals surface area contributed by atoms with Gasteiger partial charge in [-0.05, 0) is 62.8 Å². The molecule has 1 aromatic carbocycles. The fourth-order valence-electron chi connectivity index (χ4n) is 3.62. The van der Waals surface area contributed by atoms with Crippen LogP contribution < -0.4 is 20.3 Å². The number of hydrogen-bond donors (Lipinski definition) is 2. The van der Waals surface area contributed by atoms with Gasteiger partial charge in [0.05, 0.1) is 7.11 Å². The monoisotopic (exact) mass is 397 g/mol. The van der Waals surface area contributed by atoms with Crippen LogP contribution in [0.2, 0.25) is 0 Å². The molecule has 7 nitrogen and oxygen atoms in total. The summed E-state index contributed by atoms with van der Waals surface area (Å²) in [5.41, 5.74) is 1.62. The van der Waals surface area contributed by atoms with Crippen LogP contribution in [0.4, 0.5) is 11.8 Å². The molecular formula is C22H31N5O2. The Balaban J connectivity index is 1.45. The molecule has 0 unspecified atom stereocenters. The Hall–Kier alpha value is -2.83. The standard InChI is InChI=1S/C22H31N5O2/c1-15-13-20(27(2)3)26-22(24-15)23-14-16-5-9-18(10-6-16)25-21(28)17-7-11-19(29-4)12-8-17/h7-8,11-13,16,18H,5-6,9-10,14H2,1-4H3,(H,25,28)(H,23,24,26)/t16-,18+. The van der Waals surface area contributed by atoms with Crippen LogP contribution in [-0.2, 0) is 0 Å². The number of anilines is 2. The number of hydrogen-bond acceptors (Lipinski definition) is 6. The van der Waals surface area contributed by atoms with E-state index in [2.05, 4.69) is 20.6 Å². The maximum absolute atomic E-state index is 12.4. The molecule has 7 heteroatoms. The summed E-state index contributed by atoms with van der Waals surface area (Å²) in [5, 5.41) is 6.56. The zero-order chi connectivity index (χ0) is 20.8. The molecule has 3 rings (SSSR count). The molecular weight excluding hydrogens is 366 g/mol. The van der Waals surface area contributed by atoms with Gasteiger partial charge in [-0.2, -0.15) is 4.98 Å². The first-order valence-corrected chi connectivity index (χ1v) is 10.2.